The Hall–Kier alpha value is -3.95. The second-order valence-electron chi connectivity index (χ2n) is 10.9. The van der Waals surface area contributed by atoms with Gasteiger partial charge in [0.25, 0.3) is 11.5 Å². The van der Waals surface area contributed by atoms with Gasteiger partial charge in [-0.1, -0.05) is 48.5 Å². The summed E-state index contributed by atoms with van der Waals surface area (Å²) in [4.78, 5) is 31.7. The van der Waals surface area contributed by atoms with E-state index < -0.39 is 16.9 Å². The number of anilines is 1. The molecule has 1 fully saturated rings. The molecule has 1 heterocycles. The van der Waals surface area contributed by atoms with Gasteiger partial charge in [0.1, 0.15) is 5.82 Å². The van der Waals surface area contributed by atoms with Gasteiger partial charge in [-0.05, 0) is 62.9 Å². The van der Waals surface area contributed by atoms with E-state index in [-0.39, 0.29) is 28.9 Å². The molecule has 5 rings (SSSR count). The maximum absolute atomic E-state index is 14.9. The molecule has 0 saturated heterocycles. The predicted molar refractivity (Wildman–Crippen MR) is 165 cm³/mol. The highest BCUT2D eigenvalue weighted by atomic mass is 32.2. The lowest BCUT2D eigenvalue weighted by atomic mass is 9.94. The zero-order valence-corrected chi connectivity index (χ0v) is 24.8. The van der Waals surface area contributed by atoms with Crippen LogP contribution in [0.5, 0.6) is 0 Å². The zero-order valence-electron chi connectivity index (χ0n) is 24.0. The highest BCUT2D eigenvalue weighted by molar-refractivity contribution is 7.99. The van der Waals surface area contributed by atoms with Crippen molar-refractivity contribution in [2.75, 3.05) is 17.7 Å². The van der Waals surface area contributed by atoms with Gasteiger partial charge in [0.15, 0.2) is 5.82 Å². The number of nitrogens with zero attached hydrogens (tertiary/aromatic N) is 2. The summed E-state index contributed by atoms with van der Waals surface area (Å²) in [6.07, 6.45) is 4.83. The van der Waals surface area contributed by atoms with E-state index in [1.807, 2.05) is 62.4 Å². The molecule has 42 heavy (non-hydrogen) atoms. The third kappa shape index (κ3) is 7.09. The number of carbonyl (C=O) groups excluding carboxylic acids is 1. The van der Waals surface area contributed by atoms with E-state index >= 15 is 0 Å². The fraction of sp³-hybridized carbons (Fsp3) is 0.303. The summed E-state index contributed by atoms with van der Waals surface area (Å²) in [6, 6.07) is 21.0. The fourth-order valence-corrected chi connectivity index (χ4v) is 5.75. The van der Waals surface area contributed by atoms with Crippen LogP contribution in [0.2, 0.25) is 0 Å². The Morgan fingerprint density at radius 3 is 2.62 bits per heavy atom. The normalized spacial score (nSPS) is 13.1. The third-order valence-corrected chi connectivity index (χ3v) is 8.22. The highest BCUT2D eigenvalue weighted by Gasteiger charge is 2.27. The summed E-state index contributed by atoms with van der Waals surface area (Å²) in [5.41, 5.74) is 1.80. The molecule has 0 atom stereocenters. The summed E-state index contributed by atoms with van der Waals surface area (Å²) < 4.78 is 22.1. The number of aromatic nitrogens is 2. The number of rotatable bonds is 12. The first-order valence-corrected chi connectivity index (χ1v) is 15.0. The van der Waals surface area contributed by atoms with Gasteiger partial charge in [-0.3, -0.25) is 14.2 Å². The Labute approximate surface area is 249 Å². The summed E-state index contributed by atoms with van der Waals surface area (Å²) >= 11 is 1.69. The molecule has 0 aliphatic heterocycles. The SMILES string of the molecule is Cc1c(F)cc(C(=O)NC2CC2)cc1-n1ccnc(NC(C)(C)c2ccccc2SCCOCc2ccccc2)c1=O. The van der Waals surface area contributed by atoms with Crippen molar-refractivity contribution in [3.8, 4) is 5.69 Å². The van der Waals surface area contributed by atoms with Crippen molar-refractivity contribution >= 4 is 23.5 Å². The van der Waals surface area contributed by atoms with Crippen LogP contribution in [0.15, 0.2) is 88.8 Å². The molecular weight excluding hydrogens is 551 g/mol. The van der Waals surface area contributed by atoms with Crippen molar-refractivity contribution < 1.29 is 13.9 Å². The quantitative estimate of drug-likeness (QED) is 0.151. The summed E-state index contributed by atoms with van der Waals surface area (Å²) in [5, 5.41) is 6.20. The number of amides is 1. The van der Waals surface area contributed by atoms with Gasteiger partial charge in [-0.15, -0.1) is 11.8 Å². The van der Waals surface area contributed by atoms with E-state index in [0.717, 1.165) is 34.6 Å². The van der Waals surface area contributed by atoms with Crippen molar-refractivity contribution in [3.05, 3.63) is 118 Å². The van der Waals surface area contributed by atoms with Gasteiger partial charge in [-0.25, -0.2) is 9.37 Å². The summed E-state index contributed by atoms with van der Waals surface area (Å²) in [7, 11) is 0. The van der Waals surface area contributed by atoms with Gasteiger partial charge in [0, 0.05) is 40.2 Å². The lowest BCUT2D eigenvalue weighted by Gasteiger charge is -2.29. The number of halogens is 1. The molecule has 0 radical (unpaired) electrons. The first-order chi connectivity index (χ1) is 20.2. The Balaban J connectivity index is 1.32. The predicted octanol–water partition coefficient (Wildman–Crippen LogP) is 6.23. The standard InChI is InChI=1S/C33H35FN4O3S/c1-22-27(34)19-24(31(39)36-25-13-14-25)20-28(22)38-16-15-35-30(32(38)40)37-33(2,3)26-11-7-8-12-29(26)42-18-17-41-21-23-9-5-4-6-10-23/h4-12,15-16,19-20,25H,13-14,17-18,21H2,1-3H3,(H,35,37)(H,36,39). The van der Waals surface area contributed by atoms with E-state index in [2.05, 4.69) is 21.7 Å². The molecule has 7 nitrogen and oxygen atoms in total. The average Bonchev–Trinajstić information content (AvgIpc) is 3.80. The molecule has 2 N–H and O–H groups in total. The van der Waals surface area contributed by atoms with Crippen LogP contribution >= 0.6 is 11.8 Å². The van der Waals surface area contributed by atoms with Crippen molar-refractivity contribution in [3.63, 3.8) is 0 Å². The maximum atomic E-state index is 14.9. The van der Waals surface area contributed by atoms with Crippen LogP contribution in [0.1, 0.15) is 53.7 Å². The minimum atomic E-state index is -0.661. The van der Waals surface area contributed by atoms with Crippen molar-refractivity contribution in [2.45, 2.75) is 56.7 Å². The number of ether oxygens (including phenoxy) is 1. The number of carbonyl (C=O) groups is 1. The van der Waals surface area contributed by atoms with Crippen LogP contribution in [0.25, 0.3) is 5.69 Å². The van der Waals surface area contributed by atoms with E-state index in [4.69, 9.17) is 4.74 Å². The van der Waals surface area contributed by atoms with E-state index in [1.54, 1.807) is 24.8 Å². The third-order valence-electron chi connectivity index (χ3n) is 7.18. The minimum Gasteiger partial charge on any atom is -0.376 e. The molecule has 1 aliphatic carbocycles. The molecule has 1 aromatic heterocycles. The van der Waals surface area contributed by atoms with Crippen LogP contribution in [-0.2, 0) is 16.9 Å². The Morgan fingerprint density at radius 1 is 1.12 bits per heavy atom. The average molecular weight is 587 g/mol. The lowest BCUT2D eigenvalue weighted by molar-refractivity contribution is 0.0950. The molecule has 1 aliphatic rings. The van der Waals surface area contributed by atoms with Crippen LogP contribution in [0, 0.1) is 12.7 Å². The molecule has 0 bridgehead atoms. The smallest absolute Gasteiger partial charge is 0.297 e. The number of benzene rings is 3. The van der Waals surface area contributed by atoms with Crippen molar-refractivity contribution in [1.82, 2.24) is 14.9 Å². The molecule has 0 unspecified atom stereocenters. The van der Waals surface area contributed by atoms with Gasteiger partial charge in [0.05, 0.1) is 24.4 Å². The Kier molecular flexibility index (Phi) is 9.09. The van der Waals surface area contributed by atoms with E-state index in [9.17, 15) is 14.0 Å². The van der Waals surface area contributed by atoms with Crippen molar-refractivity contribution in [1.29, 1.82) is 0 Å². The number of hydrogen-bond donors (Lipinski definition) is 2. The van der Waals surface area contributed by atoms with Crippen LogP contribution in [-0.4, -0.2) is 33.9 Å². The second-order valence-corrected chi connectivity index (χ2v) is 12.1. The van der Waals surface area contributed by atoms with Crippen LogP contribution in [0.4, 0.5) is 10.2 Å². The fourth-order valence-electron chi connectivity index (χ4n) is 4.68. The van der Waals surface area contributed by atoms with Crippen LogP contribution < -0.4 is 16.2 Å². The van der Waals surface area contributed by atoms with Gasteiger partial charge >= 0.3 is 0 Å². The largest absolute Gasteiger partial charge is 0.376 e. The van der Waals surface area contributed by atoms with E-state index in [0.29, 0.717) is 18.9 Å². The minimum absolute atomic E-state index is 0.126. The zero-order chi connectivity index (χ0) is 29.7. The Morgan fingerprint density at radius 2 is 1.86 bits per heavy atom. The molecular formula is C33H35FN4O3S. The van der Waals surface area contributed by atoms with Gasteiger partial charge in [-0.2, -0.15) is 0 Å². The molecule has 1 amide bonds. The molecule has 0 spiro atoms. The van der Waals surface area contributed by atoms with Gasteiger partial charge in [0.2, 0.25) is 0 Å². The molecule has 4 aromatic rings. The summed E-state index contributed by atoms with van der Waals surface area (Å²) in [5.74, 6) is -0.00288. The first-order valence-electron chi connectivity index (χ1n) is 14.0. The molecule has 1 saturated carbocycles. The van der Waals surface area contributed by atoms with Crippen molar-refractivity contribution in [2.24, 2.45) is 0 Å². The number of thioether (sulfide) groups is 1. The highest BCUT2D eigenvalue weighted by Crippen LogP contribution is 2.33. The monoisotopic (exact) mass is 586 g/mol. The Bertz CT molecular complexity index is 1620. The van der Waals surface area contributed by atoms with E-state index in [1.165, 1.54) is 23.0 Å². The number of nitrogens with one attached hydrogen (secondary N) is 2. The maximum Gasteiger partial charge on any atom is 0.297 e. The summed E-state index contributed by atoms with van der Waals surface area (Å²) in [6.45, 7) is 6.74. The topological polar surface area (TPSA) is 85.2 Å². The first kappa shape index (κ1) is 29.5. The second kappa shape index (κ2) is 12.9. The molecule has 9 heteroatoms. The van der Waals surface area contributed by atoms with Gasteiger partial charge < -0.3 is 15.4 Å². The lowest BCUT2D eigenvalue weighted by Crippen LogP contribution is -2.34. The van der Waals surface area contributed by atoms with Crippen LogP contribution in [0.3, 0.4) is 0 Å². The number of hydrogen-bond acceptors (Lipinski definition) is 6. The molecule has 3 aromatic carbocycles. The molecule has 218 valence electrons.